The average molecular weight is 431 g/mol. The first-order valence-corrected chi connectivity index (χ1v) is 9.94. The quantitative estimate of drug-likeness (QED) is 0.490. The lowest BCUT2D eigenvalue weighted by Gasteiger charge is -2.05. The predicted octanol–water partition coefficient (Wildman–Crippen LogP) is 5.68. The third-order valence-electron chi connectivity index (χ3n) is 3.72. The molecule has 0 bridgehead atoms. The average Bonchev–Trinajstić information content (AvgIpc) is 3.00. The lowest BCUT2D eigenvalue weighted by atomic mass is 10.1. The molecule has 0 aliphatic rings. The fraction of sp³-hybridized carbons (Fsp3) is 0.200. The number of ether oxygens (including phenoxy) is 1. The van der Waals surface area contributed by atoms with Crippen LogP contribution in [0.25, 0.3) is 11.3 Å². The van der Waals surface area contributed by atoms with E-state index in [1.807, 2.05) is 61.5 Å². The summed E-state index contributed by atoms with van der Waals surface area (Å²) < 4.78 is 6.63. The Labute approximate surface area is 165 Å². The monoisotopic (exact) mass is 430 g/mol. The number of anilines is 1. The van der Waals surface area contributed by atoms with Crippen LogP contribution in [0, 0.1) is 6.92 Å². The maximum Gasteiger partial charge on any atom is 0.226 e. The Bertz CT molecular complexity index is 863. The number of hydrogen-bond acceptors (Lipinski definition) is 4. The first kappa shape index (κ1) is 18.6. The molecular weight excluding hydrogens is 412 g/mol. The van der Waals surface area contributed by atoms with Gasteiger partial charge in [-0.15, -0.1) is 11.3 Å². The highest BCUT2D eigenvalue weighted by Gasteiger charge is 2.12. The Hall–Kier alpha value is -2.18. The van der Waals surface area contributed by atoms with Gasteiger partial charge >= 0.3 is 0 Å². The van der Waals surface area contributed by atoms with Gasteiger partial charge in [-0.3, -0.25) is 4.79 Å². The van der Waals surface area contributed by atoms with E-state index < -0.39 is 0 Å². The van der Waals surface area contributed by atoms with Crippen molar-refractivity contribution in [2.75, 3.05) is 11.9 Å². The van der Waals surface area contributed by atoms with Gasteiger partial charge in [-0.05, 0) is 37.6 Å². The van der Waals surface area contributed by atoms with Gasteiger partial charge in [0.2, 0.25) is 5.91 Å². The molecular formula is C20H19BrN2O2S. The fourth-order valence-electron chi connectivity index (χ4n) is 2.45. The molecule has 3 rings (SSSR count). The predicted molar refractivity (Wildman–Crippen MR) is 110 cm³/mol. The lowest BCUT2D eigenvalue weighted by Crippen LogP contribution is -2.12. The zero-order valence-corrected chi connectivity index (χ0v) is 16.8. The molecule has 0 atom stereocenters. The van der Waals surface area contributed by atoms with Gasteiger partial charge in [-0.2, -0.15) is 0 Å². The number of benzene rings is 2. The second-order valence-corrected chi connectivity index (χ2v) is 7.86. The van der Waals surface area contributed by atoms with Crippen molar-refractivity contribution in [3.05, 3.63) is 63.9 Å². The molecule has 0 aliphatic heterocycles. The van der Waals surface area contributed by atoms with Gasteiger partial charge in [0.25, 0.3) is 0 Å². The largest absolute Gasteiger partial charge is 0.494 e. The Kier molecular flexibility index (Phi) is 6.41. The van der Waals surface area contributed by atoms with Gasteiger partial charge in [-0.25, -0.2) is 4.98 Å². The molecule has 1 aromatic heterocycles. The van der Waals surface area contributed by atoms with E-state index in [9.17, 15) is 4.79 Å². The number of aryl methyl sites for hydroxylation is 1. The Balaban J connectivity index is 1.50. The first-order valence-electron chi connectivity index (χ1n) is 8.33. The highest BCUT2D eigenvalue weighted by atomic mass is 79.9. The van der Waals surface area contributed by atoms with E-state index in [-0.39, 0.29) is 5.91 Å². The fourth-order valence-corrected chi connectivity index (χ4v) is 3.56. The zero-order valence-electron chi connectivity index (χ0n) is 14.4. The number of carbonyl (C=O) groups is 1. The number of thiazole rings is 1. The summed E-state index contributed by atoms with van der Waals surface area (Å²) in [7, 11) is 0. The number of carbonyl (C=O) groups excluding carboxylic acids is 1. The summed E-state index contributed by atoms with van der Waals surface area (Å²) in [5.74, 6) is 0.778. The molecule has 1 N–H and O–H groups in total. The molecule has 2 aromatic carbocycles. The van der Waals surface area contributed by atoms with Crippen LogP contribution in [0.3, 0.4) is 0 Å². The number of para-hydroxylation sites is 1. The van der Waals surface area contributed by atoms with E-state index >= 15 is 0 Å². The van der Waals surface area contributed by atoms with Crippen molar-refractivity contribution in [2.24, 2.45) is 0 Å². The second-order valence-electron chi connectivity index (χ2n) is 5.74. The van der Waals surface area contributed by atoms with Crippen LogP contribution in [0.5, 0.6) is 5.75 Å². The normalized spacial score (nSPS) is 10.5. The first-order chi connectivity index (χ1) is 12.6. The van der Waals surface area contributed by atoms with Gasteiger partial charge in [0.1, 0.15) is 5.75 Å². The lowest BCUT2D eigenvalue weighted by molar-refractivity contribution is -0.116. The molecule has 26 heavy (non-hydrogen) atoms. The smallest absolute Gasteiger partial charge is 0.226 e. The van der Waals surface area contributed by atoms with Crippen molar-refractivity contribution in [3.8, 4) is 17.0 Å². The standard InChI is InChI=1S/C20H19BrN2O2S/c1-14-19(15-9-11-16(21)12-10-15)23-20(26-14)22-18(24)8-5-13-25-17-6-3-2-4-7-17/h2-4,6-7,9-12H,5,8,13H2,1H3,(H,22,23,24). The van der Waals surface area contributed by atoms with E-state index in [1.165, 1.54) is 11.3 Å². The van der Waals surface area contributed by atoms with Crippen molar-refractivity contribution in [1.29, 1.82) is 0 Å². The number of hydrogen-bond donors (Lipinski definition) is 1. The van der Waals surface area contributed by atoms with Crippen LogP contribution in [0.1, 0.15) is 17.7 Å². The number of aromatic nitrogens is 1. The van der Waals surface area contributed by atoms with Gasteiger partial charge in [0, 0.05) is 21.3 Å². The molecule has 0 saturated heterocycles. The summed E-state index contributed by atoms with van der Waals surface area (Å²) in [4.78, 5) is 17.8. The molecule has 4 nitrogen and oxygen atoms in total. The molecule has 0 radical (unpaired) electrons. The van der Waals surface area contributed by atoms with E-state index in [0.29, 0.717) is 24.6 Å². The molecule has 0 spiro atoms. The third-order valence-corrected chi connectivity index (χ3v) is 5.14. The summed E-state index contributed by atoms with van der Waals surface area (Å²) >= 11 is 4.93. The molecule has 1 amide bonds. The van der Waals surface area contributed by atoms with Crippen LogP contribution >= 0.6 is 27.3 Å². The Morgan fingerprint density at radius 1 is 1.15 bits per heavy atom. The maximum absolute atomic E-state index is 12.1. The zero-order chi connectivity index (χ0) is 18.4. The van der Waals surface area contributed by atoms with Gasteiger partial charge in [0.15, 0.2) is 5.13 Å². The maximum atomic E-state index is 12.1. The minimum Gasteiger partial charge on any atom is -0.494 e. The van der Waals surface area contributed by atoms with E-state index in [0.717, 1.165) is 26.4 Å². The SMILES string of the molecule is Cc1sc(NC(=O)CCCOc2ccccc2)nc1-c1ccc(Br)cc1. The van der Waals surface area contributed by atoms with E-state index in [2.05, 4.69) is 26.2 Å². The van der Waals surface area contributed by atoms with Crippen molar-refractivity contribution >= 4 is 38.3 Å². The van der Waals surface area contributed by atoms with Crippen LogP contribution in [-0.2, 0) is 4.79 Å². The number of halogens is 1. The molecule has 1 heterocycles. The Morgan fingerprint density at radius 2 is 1.88 bits per heavy atom. The van der Waals surface area contributed by atoms with Crippen LogP contribution in [0.15, 0.2) is 59.1 Å². The van der Waals surface area contributed by atoms with Crippen LogP contribution < -0.4 is 10.1 Å². The highest BCUT2D eigenvalue weighted by Crippen LogP contribution is 2.31. The number of nitrogens with zero attached hydrogens (tertiary/aromatic N) is 1. The molecule has 134 valence electrons. The van der Waals surface area contributed by atoms with E-state index in [1.54, 1.807) is 0 Å². The van der Waals surface area contributed by atoms with Crippen molar-refractivity contribution in [3.63, 3.8) is 0 Å². The van der Waals surface area contributed by atoms with Gasteiger partial charge in [0.05, 0.1) is 12.3 Å². The van der Waals surface area contributed by atoms with Crippen LogP contribution in [0.2, 0.25) is 0 Å². The summed E-state index contributed by atoms with van der Waals surface area (Å²) in [6, 6.07) is 17.6. The van der Waals surface area contributed by atoms with Crippen LogP contribution in [0.4, 0.5) is 5.13 Å². The minimum atomic E-state index is -0.0437. The molecule has 0 saturated carbocycles. The minimum absolute atomic E-state index is 0.0437. The summed E-state index contributed by atoms with van der Waals surface area (Å²) in [5.41, 5.74) is 1.95. The van der Waals surface area contributed by atoms with Crippen molar-refractivity contribution in [2.45, 2.75) is 19.8 Å². The molecule has 0 aliphatic carbocycles. The molecule has 6 heteroatoms. The second kappa shape index (κ2) is 8.96. The number of nitrogens with one attached hydrogen (secondary N) is 1. The highest BCUT2D eigenvalue weighted by molar-refractivity contribution is 9.10. The van der Waals surface area contributed by atoms with Crippen molar-refractivity contribution in [1.82, 2.24) is 4.98 Å². The molecule has 0 unspecified atom stereocenters. The number of rotatable bonds is 7. The van der Waals surface area contributed by atoms with Crippen molar-refractivity contribution < 1.29 is 9.53 Å². The third kappa shape index (κ3) is 5.16. The van der Waals surface area contributed by atoms with E-state index in [4.69, 9.17) is 4.74 Å². The topological polar surface area (TPSA) is 51.2 Å². The Morgan fingerprint density at radius 3 is 2.62 bits per heavy atom. The molecule has 3 aromatic rings. The molecule has 0 fully saturated rings. The summed E-state index contributed by atoms with van der Waals surface area (Å²) in [5, 5.41) is 3.52. The summed E-state index contributed by atoms with van der Waals surface area (Å²) in [6.07, 6.45) is 1.06. The number of amides is 1. The van der Waals surface area contributed by atoms with Gasteiger partial charge in [-0.1, -0.05) is 46.3 Å². The van der Waals surface area contributed by atoms with Gasteiger partial charge < -0.3 is 10.1 Å². The van der Waals surface area contributed by atoms with Crippen LogP contribution in [-0.4, -0.2) is 17.5 Å². The summed E-state index contributed by atoms with van der Waals surface area (Å²) in [6.45, 7) is 2.52.